The van der Waals surface area contributed by atoms with Gasteiger partial charge in [0, 0.05) is 90.9 Å². The van der Waals surface area contributed by atoms with E-state index in [1.807, 2.05) is 22.7 Å². The van der Waals surface area contributed by atoms with Crippen LogP contribution in [-0.4, -0.2) is 0 Å². The van der Waals surface area contributed by atoms with Gasteiger partial charge in [-0.05, 0) is 182 Å². The number of rotatable bonds is 15. The third kappa shape index (κ3) is 11.9. The fourth-order valence-corrected chi connectivity index (χ4v) is 20.7. The molecule has 0 aliphatic heterocycles. The van der Waals surface area contributed by atoms with Crippen molar-refractivity contribution in [2.45, 2.75) is 0 Å². The molecule has 22 rings (SSSR count). The predicted molar refractivity (Wildman–Crippen MR) is 501 cm³/mol. The first kappa shape index (κ1) is 68.3. The number of hydrogen-bond acceptors (Lipinski definition) is 4. The Morgan fingerprint density at radius 1 is 0.147 bits per heavy atom. The van der Waals surface area contributed by atoms with Gasteiger partial charge in [0.05, 0.1) is 11.4 Å². The first-order valence-electron chi connectivity index (χ1n) is 39.8. The topological polar surface area (TPSA) is 6.48 Å². The Bertz CT molecular complexity index is 7580. The monoisotopic (exact) mass is 1510 g/mol. The molecule has 0 fully saturated rings. The fourth-order valence-electron chi connectivity index (χ4n) is 18.1. The highest BCUT2D eigenvalue weighted by atomic mass is 32.1. The highest BCUT2D eigenvalue weighted by Gasteiger charge is 2.26. The van der Waals surface area contributed by atoms with Crippen molar-refractivity contribution in [1.82, 2.24) is 0 Å². The average molecular weight is 1510 g/mol. The summed E-state index contributed by atoms with van der Waals surface area (Å²) in [7, 11) is 0. The molecule has 0 radical (unpaired) electrons. The normalized spacial score (nSPS) is 11.6. The summed E-state index contributed by atoms with van der Waals surface area (Å²) in [5.74, 6) is 0. The Morgan fingerprint density at radius 2 is 0.448 bits per heavy atom. The highest BCUT2D eigenvalue weighted by molar-refractivity contribution is 7.27. The fraction of sp³-hybridized carbons (Fsp3) is 0. The van der Waals surface area contributed by atoms with Crippen molar-refractivity contribution in [3.8, 4) is 100 Å². The average Bonchev–Trinajstić information content (AvgIpc) is 1.52. The molecule has 116 heavy (non-hydrogen) atoms. The molecule has 4 heteroatoms. The van der Waals surface area contributed by atoms with E-state index in [1.54, 1.807) is 0 Å². The van der Waals surface area contributed by atoms with Gasteiger partial charge in [0.15, 0.2) is 0 Å². The van der Waals surface area contributed by atoms with Crippen molar-refractivity contribution in [2.75, 3.05) is 9.80 Å². The van der Waals surface area contributed by atoms with Gasteiger partial charge in [-0.15, -0.1) is 22.7 Å². The lowest BCUT2D eigenvalue weighted by atomic mass is 9.89. The molecule has 0 spiro atoms. The van der Waals surface area contributed by atoms with E-state index in [4.69, 9.17) is 0 Å². The van der Waals surface area contributed by atoms with Crippen molar-refractivity contribution in [2.24, 2.45) is 0 Å². The summed E-state index contributed by atoms with van der Waals surface area (Å²) in [4.78, 5) is 4.93. The Balaban J connectivity index is 0.641. The molecule has 0 saturated heterocycles. The van der Waals surface area contributed by atoms with E-state index < -0.39 is 0 Å². The standard InChI is InChI=1S/C112H72N2S2/c1-4-35-86-74(25-1)28-17-43-89(86)77-61-59-73(60-62-77)80-31-15-33-84(71-80)113(82-67-63-78(64-68-82)90-44-18-29-75-26-2-5-36-87(75)90)108-57-13-10-41-99(108)103-52-24-55-106-105-54-22-50-101(111(105)116-112(103)106)97-49-21-47-95-94(46-20-48-96(95)97)93-39-8-7-38-92(93)81-32-16-34-85(72-81)114(83-69-65-79(66-70-83)91-45-19-30-76-27-3-6-37-88(76)91)107-56-12-9-40-98(107)102-51-23-53-104-100-42-11-14-58-109(100)115-110(102)104/h1-72H. The number of para-hydroxylation sites is 2. The van der Waals surface area contributed by atoms with Gasteiger partial charge in [-0.3, -0.25) is 0 Å². The van der Waals surface area contributed by atoms with Crippen LogP contribution in [0.5, 0.6) is 0 Å². The molecular weight excluding hydrogens is 1440 g/mol. The lowest BCUT2D eigenvalue weighted by Gasteiger charge is -2.29. The van der Waals surface area contributed by atoms with Gasteiger partial charge in [0.1, 0.15) is 0 Å². The van der Waals surface area contributed by atoms with Gasteiger partial charge < -0.3 is 9.80 Å². The van der Waals surface area contributed by atoms with E-state index in [0.717, 1.165) is 61.9 Å². The first-order valence-corrected chi connectivity index (χ1v) is 41.4. The number of fused-ring (bicyclic) bond motifs is 10. The van der Waals surface area contributed by atoms with Crippen LogP contribution in [0, 0.1) is 0 Å². The third-order valence-electron chi connectivity index (χ3n) is 23.5. The van der Waals surface area contributed by atoms with Gasteiger partial charge in [-0.25, -0.2) is 0 Å². The van der Waals surface area contributed by atoms with Gasteiger partial charge in [-0.1, -0.05) is 370 Å². The van der Waals surface area contributed by atoms with Crippen LogP contribution in [0.4, 0.5) is 34.1 Å². The molecule has 20 aromatic carbocycles. The largest absolute Gasteiger partial charge is 0.310 e. The van der Waals surface area contributed by atoms with Gasteiger partial charge in [-0.2, -0.15) is 0 Å². The third-order valence-corrected chi connectivity index (χ3v) is 26.0. The molecule has 0 atom stereocenters. The van der Waals surface area contributed by atoms with Crippen LogP contribution < -0.4 is 9.80 Å². The summed E-state index contributed by atoms with van der Waals surface area (Å²) in [5, 5.41) is 14.9. The summed E-state index contributed by atoms with van der Waals surface area (Å²) >= 11 is 3.78. The minimum Gasteiger partial charge on any atom is -0.310 e. The zero-order valence-electron chi connectivity index (χ0n) is 63.3. The van der Waals surface area contributed by atoms with Crippen LogP contribution in [0.3, 0.4) is 0 Å². The Morgan fingerprint density at radius 3 is 0.948 bits per heavy atom. The Labute approximate surface area is 681 Å². The summed E-state index contributed by atoms with van der Waals surface area (Å²) in [6.07, 6.45) is 0. The molecule has 0 aliphatic carbocycles. The van der Waals surface area contributed by atoms with Crippen molar-refractivity contribution >= 4 is 140 Å². The maximum Gasteiger partial charge on any atom is 0.0540 e. The molecule has 2 heterocycles. The highest BCUT2D eigenvalue weighted by Crippen LogP contribution is 2.52. The number of anilines is 6. The van der Waals surface area contributed by atoms with Crippen LogP contribution in [0.25, 0.3) is 184 Å². The molecular formula is C112H72N2S2. The van der Waals surface area contributed by atoms with Crippen LogP contribution >= 0.6 is 22.7 Å². The number of thiophene rings is 2. The molecule has 22 aromatic rings. The number of nitrogens with zero attached hydrogens (tertiary/aromatic N) is 2. The molecule has 0 amide bonds. The van der Waals surface area contributed by atoms with Crippen LogP contribution in [0.2, 0.25) is 0 Å². The van der Waals surface area contributed by atoms with Crippen molar-refractivity contribution in [3.63, 3.8) is 0 Å². The van der Waals surface area contributed by atoms with Crippen molar-refractivity contribution in [3.05, 3.63) is 437 Å². The van der Waals surface area contributed by atoms with Gasteiger partial charge in [0.25, 0.3) is 0 Å². The molecule has 542 valence electrons. The molecule has 0 N–H and O–H groups in total. The smallest absolute Gasteiger partial charge is 0.0540 e. The lowest BCUT2D eigenvalue weighted by Crippen LogP contribution is -2.11. The zero-order valence-corrected chi connectivity index (χ0v) is 64.9. The van der Waals surface area contributed by atoms with E-state index in [9.17, 15) is 0 Å². The Kier molecular flexibility index (Phi) is 17.0. The molecule has 0 saturated carbocycles. The predicted octanol–water partition coefficient (Wildman–Crippen LogP) is 33.0. The molecule has 2 nitrogen and oxygen atoms in total. The van der Waals surface area contributed by atoms with Crippen LogP contribution in [0.15, 0.2) is 437 Å². The summed E-state index contributed by atoms with van der Waals surface area (Å²) in [6, 6.07) is 162. The minimum atomic E-state index is 1.07. The second kappa shape index (κ2) is 28.9. The molecule has 0 unspecified atom stereocenters. The van der Waals surface area contributed by atoms with Crippen molar-refractivity contribution < 1.29 is 0 Å². The Hall–Kier alpha value is -14.5. The van der Waals surface area contributed by atoms with Crippen LogP contribution in [0.1, 0.15) is 0 Å². The molecule has 0 aliphatic rings. The van der Waals surface area contributed by atoms with Crippen LogP contribution in [-0.2, 0) is 0 Å². The van der Waals surface area contributed by atoms with E-state index in [0.29, 0.717) is 0 Å². The first-order chi connectivity index (χ1) is 57.5. The van der Waals surface area contributed by atoms with Gasteiger partial charge in [0.2, 0.25) is 0 Å². The van der Waals surface area contributed by atoms with E-state index >= 15 is 0 Å². The summed E-state index contributed by atoms with van der Waals surface area (Å²) in [6.45, 7) is 0. The second-order valence-electron chi connectivity index (χ2n) is 30.1. The van der Waals surface area contributed by atoms with Crippen molar-refractivity contribution in [1.29, 1.82) is 0 Å². The minimum absolute atomic E-state index is 1.07. The van der Waals surface area contributed by atoms with E-state index in [2.05, 4.69) is 447 Å². The molecule has 2 aromatic heterocycles. The second-order valence-corrected chi connectivity index (χ2v) is 32.1. The maximum absolute atomic E-state index is 2.47. The maximum atomic E-state index is 2.47. The number of benzene rings is 20. The summed E-state index contributed by atoms with van der Waals surface area (Å²) in [5.41, 5.74) is 27.8. The SMILES string of the molecule is c1cc(-c2ccccc2-c2cccc3c(-c4cccc5c4sc4c(-c6ccccc6N(c6ccc(-c7cccc8ccccc78)cc6)c6cccc(-c7ccc(-c8cccc9ccccc89)cc7)c6)cccc45)cccc23)cc(N(c2ccc(-c3cccc4ccccc34)cc2)c2ccccc2-c2cccc3c2sc2ccccc23)c1. The zero-order chi connectivity index (χ0) is 76.6. The lowest BCUT2D eigenvalue weighted by molar-refractivity contribution is 1.28. The quantitative estimate of drug-likeness (QED) is 0.101. The molecule has 0 bridgehead atoms. The summed E-state index contributed by atoms with van der Waals surface area (Å²) < 4.78 is 5.09. The van der Waals surface area contributed by atoms with Gasteiger partial charge >= 0.3 is 0 Å². The van der Waals surface area contributed by atoms with E-state index in [-0.39, 0.29) is 0 Å². The van der Waals surface area contributed by atoms with E-state index in [1.165, 1.54) is 156 Å². The number of hydrogen-bond donors (Lipinski definition) is 0.